The maximum Gasteiger partial charge on any atom is 0.246 e. The molecule has 100 valence electrons. The van der Waals surface area contributed by atoms with Gasteiger partial charge in [-0.15, -0.1) is 0 Å². The van der Waals surface area contributed by atoms with Gasteiger partial charge in [0.15, 0.2) is 0 Å². The zero-order chi connectivity index (χ0) is 13.9. The summed E-state index contributed by atoms with van der Waals surface area (Å²) < 4.78 is 12.3. The lowest BCUT2D eigenvalue weighted by molar-refractivity contribution is -0.142. The van der Waals surface area contributed by atoms with E-state index in [1.54, 1.807) is 36.4 Å². The van der Waals surface area contributed by atoms with Gasteiger partial charge in [-0.2, -0.15) is 0 Å². The Morgan fingerprint density at radius 1 is 1.42 bits per heavy atom. The smallest absolute Gasteiger partial charge is 0.246 e. The molecule has 1 aliphatic rings. The molecule has 19 heavy (non-hydrogen) atoms. The van der Waals surface area contributed by atoms with Crippen LogP contribution in [0.4, 0.5) is 4.39 Å². The topological polar surface area (TPSA) is 40.5 Å². The Labute approximate surface area is 111 Å². The van der Waals surface area contributed by atoms with E-state index in [0.29, 0.717) is 5.56 Å². The molecule has 1 aliphatic heterocycles. The van der Waals surface area contributed by atoms with Gasteiger partial charge < -0.3 is 10.0 Å². The highest BCUT2D eigenvalue weighted by Gasteiger charge is 2.40. The van der Waals surface area contributed by atoms with Gasteiger partial charge >= 0.3 is 0 Å². The van der Waals surface area contributed by atoms with Crippen molar-refractivity contribution < 1.29 is 14.3 Å². The molecule has 4 heteroatoms. The minimum atomic E-state index is -0.975. The van der Waals surface area contributed by atoms with Crippen LogP contribution >= 0.6 is 0 Å². The van der Waals surface area contributed by atoms with E-state index in [4.69, 9.17) is 0 Å². The van der Waals surface area contributed by atoms with Gasteiger partial charge in [0.1, 0.15) is 12.3 Å². The van der Waals surface area contributed by atoms with Crippen LogP contribution in [0.1, 0.15) is 11.1 Å². The third-order valence-electron chi connectivity index (χ3n) is 3.14. The van der Waals surface area contributed by atoms with Crippen LogP contribution in [0.5, 0.6) is 0 Å². The number of carbonyl (C=O) groups is 1. The Kier molecular flexibility index (Phi) is 3.81. The van der Waals surface area contributed by atoms with E-state index < -0.39 is 12.3 Å². The predicted octanol–water partition coefficient (Wildman–Crippen LogP) is 1.93. The maximum absolute atomic E-state index is 12.3. The molecule has 1 heterocycles. The monoisotopic (exact) mass is 261 g/mol. The molecule has 0 radical (unpaired) electrons. The molecule has 1 aromatic rings. The summed E-state index contributed by atoms with van der Waals surface area (Å²) in [5, 5.41) is 10.1. The number of aliphatic hydroxyl groups is 1. The Hall–Kier alpha value is -1.94. The van der Waals surface area contributed by atoms with E-state index in [1.807, 2.05) is 0 Å². The summed E-state index contributed by atoms with van der Waals surface area (Å²) in [4.78, 5) is 12.8. The molecular formula is C15H16FNO2. The van der Waals surface area contributed by atoms with Crippen LogP contribution in [0.15, 0.2) is 43.0 Å². The van der Waals surface area contributed by atoms with Crippen LogP contribution in [0, 0.1) is 0 Å². The molecule has 0 aromatic heterocycles. The largest absolute Gasteiger partial charge is 0.382 e. The third-order valence-corrected chi connectivity index (χ3v) is 3.14. The highest BCUT2D eigenvalue weighted by Crippen LogP contribution is 2.23. The summed E-state index contributed by atoms with van der Waals surface area (Å²) in [6.45, 7) is 3.47. The lowest BCUT2D eigenvalue weighted by Crippen LogP contribution is -2.62. The highest BCUT2D eigenvalue weighted by atomic mass is 19.1. The van der Waals surface area contributed by atoms with Crippen molar-refractivity contribution in [2.75, 3.05) is 13.1 Å². The second-order valence-electron chi connectivity index (χ2n) is 4.71. The molecule has 0 spiro atoms. The fourth-order valence-corrected chi connectivity index (χ4v) is 1.97. The van der Waals surface area contributed by atoms with E-state index in [0.717, 1.165) is 5.56 Å². The number of nitrogens with zero attached hydrogens (tertiary/aromatic N) is 1. The number of hydrogen-bond donors (Lipinski definition) is 1. The zero-order valence-corrected chi connectivity index (χ0v) is 10.6. The fourth-order valence-electron chi connectivity index (χ4n) is 1.97. The van der Waals surface area contributed by atoms with E-state index in [2.05, 4.69) is 6.58 Å². The van der Waals surface area contributed by atoms with Gasteiger partial charge in [0.25, 0.3) is 0 Å². The molecule has 1 aromatic carbocycles. The van der Waals surface area contributed by atoms with E-state index in [-0.39, 0.29) is 19.0 Å². The van der Waals surface area contributed by atoms with Crippen LogP contribution < -0.4 is 0 Å². The summed E-state index contributed by atoms with van der Waals surface area (Å²) in [5.74, 6) is -0.176. The number of likely N-dealkylation sites (tertiary alicyclic amines) is 1. The molecule has 0 unspecified atom stereocenters. The molecule has 3 nitrogen and oxygen atoms in total. The van der Waals surface area contributed by atoms with E-state index >= 15 is 0 Å². The summed E-state index contributed by atoms with van der Waals surface area (Å²) in [7, 11) is 0. The first kappa shape index (κ1) is 13.5. The Balaban J connectivity index is 1.95. The first-order valence-corrected chi connectivity index (χ1v) is 6.04. The van der Waals surface area contributed by atoms with Gasteiger partial charge in [-0.25, -0.2) is 4.39 Å². The van der Waals surface area contributed by atoms with Crippen LogP contribution in [0.25, 0.3) is 6.08 Å². The SMILES string of the molecule is C=CC(=O)N1CC(O)(/C=C/c2ccc(CF)cc2)C1. The molecule has 0 aliphatic carbocycles. The second-order valence-corrected chi connectivity index (χ2v) is 4.71. The number of amides is 1. The van der Waals surface area contributed by atoms with Crippen LogP contribution in [0.3, 0.4) is 0 Å². The average molecular weight is 261 g/mol. The van der Waals surface area contributed by atoms with E-state index in [9.17, 15) is 14.3 Å². The normalized spacial score (nSPS) is 17.3. The summed E-state index contributed by atoms with van der Waals surface area (Å²) in [5.41, 5.74) is 0.540. The van der Waals surface area contributed by atoms with Crippen molar-refractivity contribution in [1.29, 1.82) is 0 Å². The van der Waals surface area contributed by atoms with Crippen molar-refractivity contribution in [1.82, 2.24) is 4.90 Å². The lowest BCUT2D eigenvalue weighted by atomic mass is 9.92. The highest BCUT2D eigenvalue weighted by molar-refractivity contribution is 5.88. The first-order valence-electron chi connectivity index (χ1n) is 6.04. The molecule has 1 N–H and O–H groups in total. The number of β-amino-alcohol motifs (C(OH)–C–C–N with tert-alkyl or cyclic N) is 1. The Morgan fingerprint density at radius 2 is 2.05 bits per heavy atom. The van der Waals surface area contributed by atoms with Crippen molar-refractivity contribution in [3.63, 3.8) is 0 Å². The third kappa shape index (κ3) is 3.09. The number of carbonyl (C=O) groups excluding carboxylic acids is 1. The maximum atomic E-state index is 12.3. The average Bonchev–Trinajstić information content (AvgIpc) is 2.41. The molecular weight excluding hydrogens is 245 g/mol. The number of rotatable bonds is 4. The van der Waals surface area contributed by atoms with Crippen molar-refractivity contribution in [3.8, 4) is 0 Å². The lowest BCUT2D eigenvalue weighted by Gasteiger charge is -2.44. The van der Waals surface area contributed by atoms with Crippen LogP contribution in [-0.4, -0.2) is 34.6 Å². The fraction of sp³-hybridized carbons (Fsp3) is 0.267. The number of hydrogen-bond acceptors (Lipinski definition) is 2. The van der Waals surface area contributed by atoms with Gasteiger partial charge in [-0.05, 0) is 23.3 Å². The van der Waals surface area contributed by atoms with Gasteiger partial charge in [0, 0.05) is 0 Å². The van der Waals surface area contributed by atoms with Crippen LogP contribution in [0.2, 0.25) is 0 Å². The molecule has 1 amide bonds. The molecule has 1 fully saturated rings. The summed E-state index contributed by atoms with van der Waals surface area (Å²) in [6.07, 6.45) is 4.68. The number of benzene rings is 1. The van der Waals surface area contributed by atoms with Crippen molar-refractivity contribution in [3.05, 3.63) is 54.1 Å². The molecule has 2 rings (SSSR count). The van der Waals surface area contributed by atoms with Crippen molar-refractivity contribution in [2.24, 2.45) is 0 Å². The zero-order valence-electron chi connectivity index (χ0n) is 10.6. The molecule has 0 saturated carbocycles. The minimum absolute atomic E-state index is 0.176. The van der Waals surface area contributed by atoms with E-state index in [1.165, 1.54) is 11.0 Å². The second kappa shape index (κ2) is 5.36. The minimum Gasteiger partial charge on any atom is -0.382 e. The van der Waals surface area contributed by atoms with Gasteiger partial charge in [0.05, 0.1) is 13.1 Å². The van der Waals surface area contributed by atoms with Crippen LogP contribution in [-0.2, 0) is 11.5 Å². The Morgan fingerprint density at radius 3 is 2.58 bits per heavy atom. The molecule has 0 atom stereocenters. The Bertz CT molecular complexity index is 501. The van der Waals surface area contributed by atoms with Crippen molar-refractivity contribution >= 4 is 12.0 Å². The van der Waals surface area contributed by atoms with Gasteiger partial charge in [-0.3, -0.25) is 4.79 Å². The number of alkyl halides is 1. The van der Waals surface area contributed by atoms with Gasteiger partial charge in [0.2, 0.25) is 5.91 Å². The number of halogens is 1. The summed E-state index contributed by atoms with van der Waals surface area (Å²) >= 11 is 0. The molecule has 1 saturated heterocycles. The standard InChI is InChI=1S/C15H16FNO2/c1-2-14(18)17-10-15(19,11-17)8-7-12-3-5-13(9-16)6-4-12/h2-8,19H,1,9-11H2/b8-7+. The summed E-state index contributed by atoms with van der Waals surface area (Å²) in [6, 6.07) is 7.00. The molecule has 0 bridgehead atoms. The van der Waals surface area contributed by atoms with Crippen molar-refractivity contribution in [2.45, 2.75) is 12.3 Å². The first-order chi connectivity index (χ1) is 9.06. The predicted molar refractivity (Wildman–Crippen MR) is 72.0 cm³/mol. The van der Waals surface area contributed by atoms with Gasteiger partial charge in [-0.1, -0.05) is 36.9 Å². The quantitative estimate of drug-likeness (QED) is 0.841.